The summed E-state index contributed by atoms with van der Waals surface area (Å²) in [7, 11) is 0. The fourth-order valence-electron chi connectivity index (χ4n) is 1.63. The number of nitrogens with zero attached hydrogens (tertiary/aromatic N) is 6. The molecule has 4 heterocycles. The molecule has 0 aromatic carbocycles. The van der Waals surface area contributed by atoms with Gasteiger partial charge in [-0.2, -0.15) is 0 Å². The summed E-state index contributed by atoms with van der Waals surface area (Å²) in [6.45, 7) is 2.02. The van der Waals surface area contributed by atoms with Crippen molar-refractivity contribution in [1.82, 2.24) is 39.9 Å². The molecular formula is C12H12N8. The summed E-state index contributed by atoms with van der Waals surface area (Å²) in [5.74, 6) is 0.838. The number of H-pyrrole nitrogens is 2. The van der Waals surface area contributed by atoms with Crippen molar-refractivity contribution in [1.29, 1.82) is 0 Å². The fraction of sp³-hybridized carbons (Fsp3) is 0.167. The molecule has 20 heavy (non-hydrogen) atoms. The van der Waals surface area contributed by atoms with E-state index in [2.05, 4.69) is 39.9 Å². The number of aromatic amines is 2. The van der Waals surface area contributed by atoms with Crippen molar-refractivity contribution < 1.29 is 0 Å². The standard InChI is InChI=1S/C7H8N4.C5H4N4/c1-2-6-8-3-5-7(11-6)10-4-9-5;1-4-5(8-2-6-1)9-3-7-4/h3-4H,2H2,1H3,(H,8,9,10,11);1-3H,(H,6,7,8,9). The number of rotatable bonds is 1. The van der Waals surface area contributed by atoms with Crippen molar-refractivity contribution in [2.45, 2.75) is 13.3 Å². The van der Waals surface area contributed by atoms with Crippen LogP contribution in [0.3, 0.4) is 0 Å². The van der Waals surface area contributed by atoms with Crippen molar-refractivity contribution >= 4 is 22.3 Å². The zero-order valence-corrected chi connectivity index (χ0v) is 10.8. The van der Waals surface area contributed by atoms with Gasteiger partial charge in [0.25, 0.3) is 0 Å². The highest BCUT2D eigenvalue weighted by Crippen LogP contribution is 2.03. The van der Waals surface area contributed by atoms with Crippen LogP contribution in [0.4, 0.5) is 0 Å². The van der Waals surface area contributed by atoms with Gasteiger partial charge in [-0.1, -0.05) is 6.92 Å². The number of nitrogens with one attached hydrogen (secondary N) is 2. The minimum Gasteiger partial charge on any atom is -0.342 e. The van der Waals surface area contributed by atoms with Gasteiger partial charge in [-0.3, -0.25) is 0 Å². The summed E-state index contributed by atoms with van der Waals surface area (Å²) in [6, 6.07) is 0. The van der Waals surface area contributed by atoms with Crippen LogP contribution in [0.1, 0.15) is 12.7 Å². The zero-order chi connectivity index (χ0) is 13.8. The van der Waals surface area contributed by atoms with Gasteiger partial charge in [0, 0.05) is 6.42 Å². The first-order valence-electron chi connectivity index (χ1n) is 6.11. The minimum absolute atomic E-state index is 0.713. The van der Waals surface area contributed by atoms with Gasteiger partial charge in [0.1, 0.15) is 23.2 Å². The van der Waals surface area contributed by atoms with E-state index in [1.165, 1.54) is 6.33 Å². The first-order chi connectivity index (χ1) is 9.86. The van der Waals surface area contributed by atoms with Gasteiger partial charge in [0.15, 0.2) is 11.3 Å². The van der Waals surface area contributed by atoms with Gasteiger partial charge in [-0.15, -0.1) is 0 Å². The molecule has 0 saturated heterocycles. The molecule has 100 valence electrons. The van der Waals surface area contributed by atoms with Crippen molar-refractivity contribution in [3.05, 3.63) is 37.2 Å². The van der Waals surface area contributed by atoms with E-state index in [4.69, 9.17) is 0 Å². The first-order valence-corrected chi connectivity index (χ1v) is 6.11. The average molecular weight is 268 g/mol. The summed E-state index contributed by atoms with van der Waals surface area (Å²) in [4.78, 5) is 29.8. The zero-order valence-electron chi connectivity index (χ0n) is 10.8. The molecule has 4 aromatic rings. The van der Waals surface area contributed by atoms with Crippen LogP contribution in [0.15, 0.2) is 31.4 Å². The Kier molecular flexibility index (Phi) is 3.27. The monoisotopic (exact) mass is 268 g/mol. The molecule has 0 saturated carbocycles. The summed E-state index contributed by atoms with van der Waals surface area (Å²) >= 11 is 0. The molecule has 0 atom stereocenters. The Morgan fingerprint density at radius 1 is 0.900 bits per heavy atom. The summed E-state index contributed by atoms with van der Waals surface area (Å²) in [6.07, 6.45) is 8.99. The molecular weight excluding hydrogens is 256 g/mol. The lowest BCUT2D eigenvalue weighted by molar-refractivity contribution is 0.955. The van der Waals surface area contributed by atoms with Gasteiger partial charge in [0.2, 0.25) is 0 Å². The first kappa shape index (κ1) is 12.2. The number of imidazole rings is 2. The fourth-order valence-corrected chi connectivity index (χ4v) is 1.63. The Morgan fingerprint density at radius 2 is 1.65 bits per heavy atom. The normalized spacial score (nSPS) is 10.4. The molecule has 0 amide bonds. The van der Waals surface area contributed by atoms with E-state index in [0.717, 1.165) is 28.9 Å². The maximum absolute atomic E-state index is 4.20. The number of hydrogen-bond acceptors (Lipinski definition) is 6. The molecule has 0 spiro atoms. The second-order valence-corrected chi connectivity index (χ2v) is 3.94. The van der Waals surface area contributed by atoms with Gasteiger partial charge in [0.05, 0.1) is 25.0 Å². The molecule has 0 fully saturated rings. The van der Waals surface area contributed by atoms with Gasteiger partial charge in [-0.25, -0.2) is 29.9 Å². The lowest BCUT2D eigenvalue weighted by Crippen LogP contribution is -1.91. The number of aromatic nitrogens is 8. The van der Waals surface area contributed by atoms with Crippen LogP contribution in [0, 0.1) is 0 Å². The molecule has 8 heteroatoms. The van der Waals surface area contributed by atoms with E-state index < -0.39 is 0 Å². The Balaban J connectivity index is 0.000000123. The Hall–Kier alpha value is -2.90. The van der Waals surface area contributed by atoms with Crippen LogP contribution in [-0.4, -0.2) is 39.9 Å². The number of aryl methyl sites for hydroxylation is 1. The van der Waals surface area contributed by atoms with E-state index in [1.54, 1.807) is 25.0 Å². The molecule has 0 bridgehead atoms. The van der Waals surface area contributed by atoms with Crippen LogP contribution >= 0.6 is 0 Å². The van der Waals surface area contributed by atoms with Crippen LogP contribution in [-0.2, 0) is 6.42 Å². The van der Waals surface area contributed by atoms with E-state index in [9.17, 15) is 0 Å². The molecule has 0 radical (unpaired) electrons. The lowest BCUT2D eigenvalue weighted by atomic mass is 10.4. The largest absolute Gasteiger partial charge is 0.342 e. The second kappa shape index (κ2) is 5.39. The molecule has 0 aliphatic rings. The molecule has 0 unspecified atom stereocenters. The van der Waals surface area contributed by atoms with Crippen LogP contribution in [0.25, 0.3) is 22.3 Å². The highest BCUT2D eigenvalue weighted by molar-refractivity contribution is 5.68. The summed E-state index contributed by atoms with van der Waals surface area (Å²) < 4.78 is 0. The SMILES string of the molecule is CCc1ncc2[nH]cnc2n1.c1ncc2[nH]cnc2n1. The molecule has 0 aliphatic heterocycles. The van der Waals surface area contributed by atoms with E-state index in [1.807, 2.05) is 6.92 Å². The highest BCUT2D eigenvalue weighted by Gasteiger charge is 1.98. The molecule has 2 N–H and O–H groups in total. The van der Waals surface area contributed by atoms with Crippen molar-refractivity contribution in [3.8, 4) is 0 Å². The van der Waals surface area contributed by atoms with Crippen LogP contribution in [0.2, 0.25) is 0 Å². The third-order valence-electron chi connectivity index (χ3n) is 2.64. The Labute approximate surface area is 113 Å². The van der Waals surface area contributed by atoms with Crippen molar-refractivity contribution in [2.24, 2.45) is 0 Å². The average Bonchev–Trinajstić information content (AvgIpc) is 3.15. The summed E-state index contributed by atoms with van der Waals surface area (Å²) in [5, 5.41) is 0. The predicted octanol–water partition coefficient (Wildman–Crippen LogP) is 1.27. The highest BCUT2D eigenvalue weighted by atomic mass is 15.0. The van der Waals surface area contributed by atoms with Gasteiger partial charge < -0.3 is 9.97 Å². The molecule has 4 aromatic heterocycles. The van der Waals surface area contributed by atoms with Gasteiger partial charge in [-0.05, 0) is 0 Å². The Bertz CT molecular complexity index is 788. The Morgan fingerprint density at radius 3 is 2.40 bits per heavy atom. The summed E-state index contributed by atoms with van der Waals surface area (Å²) in [5.41, 5.74) is 3.22. The third-order valence-corrected chi connectivity index (χ3v) is 2.64. The number of fused-ring (bicyclic) bond motifs is 2. The minimum atomic E-state index is 0.713. The second-order valence-electron chi connectivity index (χ2n) is 3.94. The van der Waals surface area contributed by atoms with E-state index in [-0.39, 0.29) is 0 Å². The van der Waals surface area contributed by atoms with Crippen molar-refractivity contribution in [2.75, 3.05) is 0 Å². The predicted molar refractivity (Wildman–Crippen MR) is 72.7 cm³/mol. The van der Waals surface area contributed by atoms with E-state index >= 15 is 0 Å². The van der Waals surface area contributed by atoms with Gasteiger partial charge >= 0.3 is 0 Å². The van der Waals surface area contributed by atoms with Crippen molar-refractivity contribution in [3.63, 3.8) is 0 Å². The number of hydrogen-bond donors (Lipinski definition) is 2. The topological polar surface area (TPSA) is 109 Å². The maximum atomic E-state index is 4.20. The maximum Gasteiger partial charge on any atom is 0.180 e. The third kappa shape index (κ3) is 2.44. The molecule has 8 nitrogen and oxygen atoms in total. The lowest BCUT2D eigenvalue weighted by Gasteiger charge is -1.91. The smallest absolute Gasteiger partial charge is 0.180 e. The quantitative estimate of drug-likeness (QED) is 0.538. The molecule has 4 rings (SSSR count). The van der Waals surface area contributed by atoms with Crippen LogP contribution < -0.4 is 0 Å². The van der Waals surface area contributed by atoms with Crippen LogP contribution in [0.5, 0.6) is 0 Å². The van der Waals surface area contributed by atoms with E-state index in [0.29, 0.717) is 5.65 Å². The molecule has 0 aliphatic carbocycles.